The van der Waals surface area contributed by atoms with Gasteiger partial charge in [0.05, 0.1) is 28.3 Å². The summed E-state index contributed by atoms with van der Waals surface area (Å²) in [5.41, 5.74) is 1.14. The van der Waals surface area contributed by atoms with Gasteiger partial charge >= 0.3 is 0 Å². The fourth-order valence-corrected chi connectivity index (χ4v) is 4.47. The van der Waals surface area contributed by atoms with Crippen LogP contribution in [-0.2, 0) is 5.54 Å². The summed E-state index contributed by atoms with van der Waals surface area (Å²) >= 11 is 0. The molecule has 2 N–H and O–H groups in total. The van der Waals surface area contributed by atoms with E-state index in [0.717, 1.165) is 38.9 Å². The molecule has 3 saturated heterocycles. The largest absolute Gasteiger partial charge is 0.303 e. The predicted molar refractivity (Wildman–Crippen MR) is 105 cm³/mol. The standard InChI is InChI=1S/C20H22N6O/c21-26(15-4-3-10-22-14-15)19-23-17-6-2-1-5-16(17)18(27)25(19)20-7-11-24(12-8-20)13-9-20/h1-6,10,14H,7-9,11-13,21H2. The molecule has 7 nitrogen and oxygen atoms in total. The quantitative estimate of drug-likeness (QED) is 0.567. The Morgan fingerprint density at radius 3 is 2.48 bits per heavy atom. The van der Waals surface area contributed by atoms with Crippen molar-refractivity contribution in [3.05, 3.63) is 59.1 Å². The molecule has 3 fully saturated rings. The van der Waals surface area contributed by atoms with Crippen molar-refractivity contribution in [3.8, 4) is 0 Å². The van der Waals surface area contributed by atoms with Gasteiger partial charge in [0.2, 0.25) is 5.95 Å². The highest BCUT2D eigenvalue weighted by molar-refractivity contribution is 5.79. The maximum atomic E-state index is 13.6. The Morgan fingerprint density at radius 1 is 1.04 bits per heavy atom. The van der Waals surface area contributed by atoms with Crippen molar-refractivity contribution in [2.45, 2.75) is 24.8 Å². The number of hydrogen-bond acceptors (Lipinski definition) is 6. The van der Waals surface area contributed by atoms with Crippen LogP contribution in [0.25, 0.3) is 10.9 Å². The molecule has 27 heavy (non-hydrogen) atoms. The van der Waals surface area contributed by atoms with Gasteiger partial charge in [0, 0.05) is 25.8 Å². The zero-order chi connectivity index (χ0) is 18.4. The Bertz CT molecular complexity index is 1030. The molecule has 6 rings (SSSR count). The Kier molecular flexibility index (Phi) is 3.73. The number of fused-ring (bicyclic) bond motifs is 4. The lowest BCUT2D eigenvalue weighted by molar-refractivity contribution is 0.0334. The van der Waals surface area contributed by atoms with Crippen molar-refractivity contribution < 1.29 is 0 Å². The SMILES string of the molecule is NN(c1cccnc1)c1nc2ccccc2c(=O)n1C12CCN(CC1)CC2. The molecule has 0 saturated carbocycles. The summed E-state index contributed by atoms with van der Waals surface area (Å²) in [7, 11) is 0. The first-order valence-electron chi connectivity index (χ1n) is 9.37. The number of anilines is 2. The molecule has 2 bridgehead atoms. The Balaban J connectivity index is 1.77. The van der Waals surface area contributed by atoms with Gasteiger partial charge in [-0.15, -0.1) is 0 Å². The Hall–Kier alpha value is -2.77. The van der Waals surface area contributed by atoms with Crippen molar-refractivity contribution in [1.29, 1.82) is 0 Å². The van der Waals surface area contributed by atoms with Gasteiger partial charge in [-0.3, -0.25) is 14.3 Å². The molecule has 0 aliphatic carbocycles. The van der Waals surface area contributed by atoms with E-state index in [-0.39, 0.29) is 11.1 Å². The minimum absolute atomic E-state index is 0.00899. The summed E-state index contributed by atoms with van der Waals surface area (Å²) in [6.45, 7) is 3.03. The molecule has 0 atom stereocenters. The number of aromatic nitrogens is 3. The first-order valence-corrected chi connectivity index (χ1v) is 9.37. The first-order chi connectivity index (χ1) is 13.2. The van der Waals surface area contributed by atoms with Crippen LogP contribution in [0.3, 0.4) is 0 Å². The van der Waals surface area contributed by atoms with E-state index < -0.39 is 0 Å². The van der Waals surface area contributed by atoms with E-state index in [9.17, 15) is 4.79 Å². The number of nitrogens with two attached hydrogens (primary N) is 1. The van der Waals surface area contributed by atoms with E-state index in [4.69, 9.17) is 10.8 Å². The van der Waals surface area contributed by atoms with Crippen LogP contribution in [-0.4, -0.2) is 39.1 Å². The second kappa shape index (κ2) is 6.14. The molecule has 138 valence electrons. The summed E-state index contributed by atoms with van der Waals surface area (Å²) in [6, 6.07) is 11.2. The van der Waals surface area contributed by atoms with Crippen LogP contribution in [0.2, 0.25) is 0 Å². The van der Waals surface area contributed by atoms with E-state index in [2.05, 4.69) is 9.88 Å². The van der Waals surface area contributed by atoms with Crippen LogP contribution >= 0.6 is 0 Å². The number of benzene rings is 1. The number of nitrogens with zero attached hydrogens (tertiary/aromatic N) is 5. The summed E-state index contributed by atoms with van der Waals surface area (Å²) in [6.07, 6.45) is 6.23. The van der Waals surface area contributed by atoms with Gasteiger partial charge < -0.3 is 4.90 Å². The fourth-order valence-electron chi connectivity index (χ4n) is 4.47. The van der Waals surface area contributed by atoms with Crippen molar-refractivity contribution in [2.75, 3.05) is 24.6 Å². The van der Waals surface area contributed by atoms with Gasteiger partial charge in [0.25, 0.3) is 5.56 Å². The topological polar surface area (TPSA) is 80.3 Å². The molecular formula is C20H22N6O. The number of piperidine rings is 3. The molecule has 0 amide bonds. The molecule has 5 heterocycles. The number of rotatable bonds is 3. The van der Waals surface area contributed by atoms with Gasteiger partial charge in [0.1, 0.15) is 0 Å². The van der Waals surface area contributed by atoms with E-state index in [1.165, 1.54) is 5.01 Å². The molecule has 0 unspecified atom stereocenters. The second-order valence-electron chi connectivity index (χ2n) is 7.47. The van der Waals surface area contributed by atoms with Crippen LogP contribution in [0, 0.1) is 0 Å². The van der Waals surface area contributed by atoms with Crippen molar-refractivity contribution in [3.63, 3.8) is 0 Å². The number of para-hydroxylation sites is 1. The van der Waals surface area contributed by atoms with Crippen LogP contribution in [0.4, 0.5) is 11.6 Å². The van der Waals surface area contributed by atoms with Crippen molar-refractivity contribution >= 4 is 22.5 Å². The van der Waals surface area contributed by atoms with Gasteiger partial charge in [-0.05, 0) is 43.5 Å². The van der Waals surface area contributed by atoms with Crippen LogP contribution in [0.5, 0.6) is 0 Å². The van der Waals surface area contributed by atoms with Gasteiger partial charge in [-0.1, -0.05) is 12.1 Å². The number of hydrogen-bond donors (Lipinski definition) is 1. The Labute approximate surface area is 157 Å². The maximum Gasteiger partial charge on any atom is 0.263 e. The molecule has 2 aromatic heterocycles. The molecule has 0 spiro atoms. The lowest BCUT2D eigenvalue weighted by Crippen LogP contribution is -2.57. The molecule has 3 aliphatic heterocycles. The normalized spacial score (nSPS) is 24.3. The third-order valence-electron chi connectivity index (χ3n) is 6.05. The van der Waals surface area contributed by atoms with Gasteiger partial charge in [-0.25, -0.2) is 15.8 Å². The summed E-state index contributed by atoms with van der Waals surface area (Å²) in [4.78, 5) is 25.0. The summed E-state index contributed by atoms with van der Waals surface area (Å²) in [5, 5.41) is 2.14. The molecule has 1 aromatic carbocycles. The first kappa shape index (κ1) is 16.4. The molecule has 3 aliphatic rings. The van der Waals surface area contributed by atoms with Crippen LogP contribution < -0.4 is 16.4 Å². The molecule has 3 aromatic rings. The van der Waals surface area contributed by atoms with Gasteiger partial charge in [0.15, 0.2) is 0 Å². The number of hydrazine groups is 1. The van der Waals surface area contributed by atoms with E-state index >= 15 is 0 Å². The highest BCUT2D eigenvalue weighted by atomic mass is 16.1. The smallest absolute Gasteiger partial charge is 0.263 e. The zero-order valence-electron chi connectivity index (χ0n) is 15.1. The maximum absolute atomic E-state index is 13.6. The predicted octanol–water partition coefficient (Wildman–Crippen LogP) is 2.00. The molecule has 7 heteroatoms. The summed E-state index contributed by atoms with van der Waals surface area (Å²) in [5.74, 6) is 6.96. The van der Waals surface area contributed by atoms with Crippen LogP contribution in [0.15, 0.2) is 53.6 Å². The molecule has 0 radical (unpaired) electrons. The van der Waals surface area contributed by atoms with Crippen molar-refractivity contribution in [1.82, 2.24) is 19.4 Å². The number of pyridine rings is 1. The average molecular weight is 362 g/mol. The van der Waals surface area contributed by atoms with Gasteiger partial charge in [-0.2, -0.15) is 0 Å². The van der Waals surface area contributed by atoms with Crippen LogP contribution in [0.1, 0.15) is 19.3 Å². The minimum atomic E-state index is -0.224. The lowest BCUT2D eigenvalue weighted by Gasteiger charge is -2.50. The lowest BCUT2D eigenvalue weighted by atomic mass is 9.79. The minimum Gasteiger partial charge on any atom is -0.303 e. The van der Waals surface area contributed by atoms with E-state index in [1.807, 2.05) is 41.0 Å². The highest BCUT2D eigenvalue weighted by Crippen LogP contribution is 2.40. The fraction of sp³-hybridized carbons (Fsp3) is 0.350. The Morgan fingerprint density at radius 2 is 1.78 bits per heavy atom. The highest BCUT2D eigenvalue weighted by Gasteiger charge is 2.43. The third-order valence-corrected chi connectivity index (χ3v) is 6.05. The zero-order valence-corrected chi connectivity index (χ0v) is 15.1. The second-order valence-corrected chi connectivity index (χ2v) is 7.47. The molecular weight excluding hydrogens is 340 g/mol. The third kappa shape index (κ3) is 2.54. The average Bonchev–Trinajstić information content (AvgIpc) is 2.75. The van der Waals surface area contributed by atoms with Crippen molar-refractivity contribution in [2.24, 2.45) is 5.84 Å². The monoisotopic (exact) mass is 362 g/mol. The summed E-state index contributed by atoms with van der Waals surface area (Å²) < 4.78 is 1.87. The van der Waals surface area contributed by atoms with E-state index in [1.54, 1.807) is 12.4 Å². The van der Waals surface area contributed by atoms with E-state index in [0.29, 0.717) is 22.5 Å².